The zero-order valence-electron chi connectivity index (χ0n) is 35.3. The molecule has 15 nitrogen and oxygen atoms in total. The molecule has 1 saturated carbocycles. The molecule has 4 amide bonds. The number of hydrogen-bond acceptors (Lipinski definition) is 9. The number of aromatic amines is 2. The molecule has 60 heavy (non-hydrogen) atoms. The Kier molecular flexibility index (Phi) is 10.9. The molecule has 5 heterocycles. The quantitative estimate of drug-likeness (QED) is 0.105. The summed E-state index contributed by atoms with van der Waals surface area (Å²) in [7, 11) is 2.59. The van der Waals surface area contributed by atoms with Crippen molar-refractivity contribution in [2.75, 3.05) is 27.3 Å². The third-order valence-corrected chi connectivity index (χ3v) is 12.7. The normalized spacial score (nSPS) is 20.9. The Morgan fingerprint density at radius 2 is 1.48 bits per heavy atom. The lowest BCUT2D eigenvalue weighted by Crippen LogP contribution is -2.56. The van der Waals surface area contributed by atoms with Gasteiger partial charge in [0.25, 0.3) is 0 Å². The first-order valence-corrected chi connectivity index (χ1v) is 20.9. The van der Waals surface area contributed by atoms with Gasteiger partial charge in [-0.25, -0.2) is 19.6 Å². The van der Waals surface area contributed by atoms with Crippen molar-refractivity contribution < 1.29 is 33.1 Å². The molecule has 0 spiro atoms. The molecule has 3 aliphatic rings. The Morgan fingerprint density at radius 3 is 2.15 bits per heavy atom. The second-order valence-corrected chi connectivity index (χ2v) is 17.2. The Hall–Kier alpha value is -6.12. The highest BCUT2D eigenvalue weighted by molar-refractivity contribution is 6.02. The van der Waals surface area contributed by atoms with Crippen LogP contribution in [0.15, 0.2) is 59.3 Å². The molecule has 5 unspecified atom stereocenters. The molecule has 5 aromatic rings. The molecule has 8 rings (SSSR count). The van der Waals surface area contributed by atoms with E-state index in [1.807, 2.05) is 56.7 Å². The van der Waals surface area contributed by atoms with Crippen molar-refractivity contribution in [3.05, 3.63) is 72.3 Å². The first kappa shape index (κ1) is 40.7. The number of alkyl carbamates (subject to hydrolysis) is 2. The van der Waals surface area contributed by atoms with E-state index >= 15 is 0 Å². The highest BCUT2D eigenvalue weighted by atomic mass is 16.5. The smallest absolute Gasteiger partial charge is 0.407 e. The number of amides is 4. The van der Waals surface area contributed by atoms with Crippen LogP contribution in [-0.4, -0.2) is 93.1 Å². The van der Waals surface area contributed by atoms with Crippen molar-refractivity contribution in [3.63, 3.8) is 0 Å². The van der Waals surface area contributed by atoms with Crippen LogP contribution in [0.2, 0.25) is 0 Å². The molecule has 2 aliphatic heterocycles. The molecule has 5 atom stereocenters. The summed E-state index contributed by atoms with van der Waals surface area (Å²) in [5.41, 5.74) is 5.65. The molecule has 3 fully saturated rings. The molecule has 3 aromatic heterocycles. The van der Waals surface area contributed by atoms with Crippen LogP contribution in [0.5, 0.6) is 0 Å². The number of rotatable bonds is 11. The van der Waals surface area contributed by atoms with Crippen LogP contribution >= 0.6 is 0 Å². The molecule has 2 aromatic carbocycles. The number of aromatic nitrogens is 4. The van der Waals surface area contributed by atoms with Gasteiger partial charge >= 0.3 is 12.2 Å². The summed E-state index contributed by atoms with van der Waals surface area (Å²) >= 11 is 0. The molecule has 0 radical (unpaired) electrons. The summed E-state index contributed by atoms with van der Waals surface area (Å²) in [6, 6.07) is 12.8. The Balaban J connectivity index is 1.02. The molecule has 316 valence electrons. The standard InChI is InChI=1S/C45H54N8O7/c1-24(2)36(50-43(56)58-6)40(54)52-18-8-9-35(52)39-46-21-33(48-39)29-12-10-28(11-13-29)30-14-15-31(38-32(30)19-26(5)60-38)34-22-47-42(49-34)45-17-16-27(20-45)23-53(45)41(55)37(25(3)4)51-44(57)59-7/h10-15,19,21-22,24-25,27,35-37H,8-9,16-18,20,23H2,1-7H3,(H,46,48)(H,47,49)(H,50,56)(H,51,57). The average Bonchev–Trinajstić information content (AvgIpc) is 4.10. The number of nitrogens with zero attached hydrogens (tertiary/aromatic N) is 4. The van der Waals surface area contributed by atoms with Crippen LogP contribution < -0.4 is 10.6 Å². The summed E-state index contributed by atoms with van der Waals surface area (Å²) in [5, 5.41) is 6.43. The van der Waals surface area contributed by atoms with Gasteiger partial charge in [-0.1, -0.05) is 58.0 Å². The first-order chi connectivity index (χ1) is 28.8. The fraction of sp³-hybridized carbons (Fsp3) is 0.467. The van der Waals surface area contributed by atoms with Crippen LogP contribution in [-0.2, 0) is 24.6 Å². The number of furan rings is 1. The van der Waals surface area contributed by atoms with Gasteiger partial charge in [-0.3, -0.25) is 9.59 Å². The van der Waals surface area contributed by atoms with Crippen molar-refractivity contribution in [3.8, 4) is 33.6 Å². The lowest BCUT2D eigenvalue weighted by Gasteiger charge is -2.40. The Labute approximate surface area is 349 Å². The third-order valence-electron chi connectivity index (χ3n) is 12.7. The van der Waals surface area contributed by atoms with Crippen LogP contribution in [0.3, 0.4) is 0 Å². The van der Waals surface area contributed by atoms with Gasteiger partial charge in [-0.05, 0) is 85.6 Å². The van der Waals surface area contributed by atoms with Gasteiger partial charge in [0.05, 0.1) is 44.0 Å². The Morgan fingerprint density at radius 1 is 0.833 bits per heavy atom. The van der Waals surface area contributed by atoms with E-state index in [-0.39, 0.29) is 29.7 Å². The number of hydrogen-bond donors (Lipinski definition) is 4. The van der Waals surface area contributed by atoms with Gasteiger partial charge in [0, 0.05) is 24.0 Å². The van der Waals surface area contributed by atoms with Crippen molar-refractivity contribution >= 4 is 35.0 Å². The number of likely N-dealkylation sites (tertiary alicyclic amines) is 2. The van der Waals surface area contributed by atoms with E-state index in [1.165, 1.54) is 14.2 Å². The van der Waals surface area contributed by atoms with E-state index in [9.17, 15) is 19.2 Å². The SMILES string of the molecule is COC(=O)NC(C(=O)N1CCCC1c1ncc(-c2ccc(-c3ccc(-c4cnc(C56CCC(CN5C(=O)C(NC(=O)OC)C(C)C)C6)[nH]4)c4oc(C)cc34)cc2)[nH]1)C(C)C. The number of carbonyl (C=O) groups is 4. The summed E-state index contributed by atoms with van der Waals surface area (Å²) in [5.74, 6) is 2.08. The fourth-order valence-corrected chi connectivity index (χ4v) is 9.55. The van der Waals surface area contributed by atoms with Gasteiger partial charge in [-0.2, -0.15) is 0 Å². The number of ether oxygens (including phenoxy) is 2. The van der Waals surface area contributed by atoms with Crippen LogP contribution in [0.4, 0.5) is 9.59 Å². The average molecular weight is 819 g/mol. The van der Waals surface area contributed by atoms with Crippen LogP contribution in [0, 0.1) is 24.7 Å². The van der Waals surface area contributed by atoms with Crippen molar-refractivity contribution in [2.24, 2.45) is 17.8 Å². The molecule has 2 saturated heterocycles. The van der Waals surface area contributed by atoms with E-state index in [1.54, 1.807) is 6.20 Å². The first-order valence-electron chi connectivity index (χ1n) is 20.9. The van der Waals surface area contributed by atoms with E-state index in [0.29, 0.717) is 24.8 Å². The number of benzene rings is 2. The maximum atomic E-state index is 14.1. The monoisotopic (exact) mass is 818 g/mol. The topological polar surface area (TPSA) is 188 Å². The number of H-pyrrole nitrogens is 2. The van der Waals surface area contributed by atoms with Gasteiger partial charge in [0.2, 0.25) is 11.8 Å². The molecule has 1 aliphatic carbocycles. The highest BCUT2D eigenvalue weighted by Crippen LogP contribution is 2.53. The van der Waals surface area contributed by atoms with E-state index in [4.69, 9.17) is 23.9 Å². The lowest BCUT2D eigenvalue weighted by atomic mass is 9.93. The van der Waals surface area contributed by atoms with Gasteiger partial charge in [0.1, 0.15) is 40.6 Å². The maximum Gasteiger partial charge on any atom is 0.407 e. The summed E-state index contributed by atoms with van der Waals surface area (Å²) in [6.45, 7) is 10.8. The second kappa shape index (κ2) is 16.1. The summed E-state index contributed by atoms with van der Waals surface area (Å²) in [6.07, 6.45) is 6.59. The van der Waals surface area contributed by atoms with E-state index < -0.39 is 29.8 Å². The van der Waals surface area contributed by atoms with Crippen LogP contribution in [0.1, 0.15) is 83.2 Å². The minimum atomic E-state index is -0.714. The van der Waals surface area contributed by atoms with Crippen LogP contribution in [0.25, 0.3) is 44.6 Å². The van der Waals surface area contributed by atoms with Crippen molar-refractivity contribution in [1.29, 1.82) is 0 Å². The zero-order chi connectivity index (χ0) is 42.5. The minimum absolute atomic E-state index is 0.116. The van der Waals surface area contributed by atoms with Crippen molar-refractivity contribution in [1.82, 2.24) is 40.4 Å². The molecular weight excluding hydrogens is 765 g/mol. The van der Waals surface area contributed by atoms with Gasteiger partial charge in [0.15, 0.2) is 0 Å². The largest absolute Gasteiger partial charge is 0.461 e. The lowest BCUT2D eigenvalue weighted by molar-refractivity contribution is -0.140. The number of aryl methyl sites for hydroxylation is 1. The fourth-order valence-electron chi connectivity index (χ4n) is 9.55. The number of fused-ring (bicyclic) bond motifs is 3. The summed E-state index contributed by atoms with van der Waals surface area (Å²) in [4.78, 5) is 72.3. The number of methoxy groups -OCH3 is 2. The zero-order valence-corrected chi connectivity index (χ0v) is 35.3. The third kappa shape index (κ3) is 7.27. The maximum absolute atomic E-state index is 14.1. The minimum Gasteiger partial charge on any atom is -0.461 e. The number of imidazole rings is 2. The molecule has 2 bridgehead atoms. The highest BCUT2D eigenvalue weighted by Gasteiger charge is 2.56. The van der Waals surface area contributed by atoms with Gasteiger partial charge < -0.3 is 44.3 Å². The van der Waals surface area contributed by atoms with E-state index in [2.05, 4.69) is 57.0 Å². The molecule has 15 heteroatoms. The predicted molar refractivity (Wildman–Crippen MR) is 224 cm³/mol. The Bertz CT molecular complexity index is 2410. The number of piperidine rings is 1. The van der Waals surface area contributed by atoms with Crippen molar-refractivity contribution in [2.45, 2.75) is 90.4 Å². The number of carbonyl (C=O) groups excluding carboxylic acids is 4. The molecule has 4 N–H and O–H groups in total. The van der Waals surface area contributed by atoms with E-state index in [0.717, 1.165) is 88.3 Å². The predicted octanol–water partition coefficient (Wildman–Crippen LogP) is 7.45. The number of nitrogens with one attached hydrogen (secondary N) is 4. The molecular formula is C45H54N8O7. The summed E-state index contributed by atoms with van der Waals surface area (Å²) < 4.78 is 16.0. The second-order valence-electron chi connectivity index (χ2n) is 17.2. The van der Waals surface area contributed by atoms with Gasteiger partial charge in [-0.15, -0.1) is 0 Å².